The number of nitrogens with zero attached hydrogens (tertiary/aromatic N) is 2. The number of rotatable bonds is 1. The van der Waals surface area contributed by atoms with E-state index in [4.69, 9.17) is 0 Å². The van der Waals surface area contributed by atoms with Gasteiger partial charge >= 0.3 is 6.39 Å². The van der Waals surface area contributed by atoms with E-state index in [2.05, 4.69) is 21.1 Å². The van der Waals surface area contributed by atoms with Gasteiger partial charge in [-0.1, -0.05) is 11.2 Å². The number of hydrogen-bond donors (Lipinski definition) is 0. The maximum absolute atomic E-state index is 4.46. The predicted octanol–water partition coefficient (Wildman–Crippen LogP) is 1.60. The Morgan fingerprint density at radius 1 is 1.60 bits per heavy atom. The molecule has 0 bridgehead atoms. The van der Waals surface area contributed by atoms with Crippen LogP contribution in [0, 0.1) is 6.39 Å². The molecule has 2 rings (SSSR count). The average molecular weight is 151 g/mol. The van der Waals surface area contributed by atoms with E-state index in [1.54, 1.807) is 11.3 Å². The van der Waals surface area contributed by atoms with Gasteiger partial charge in [0.05, 0.1) is 4.88 Å². The Bertz CT molecular complexity index is 255. The highest BCUT2D eigenvalue weighted by molar-refractivity contribution is 7.13. The molecule has 0 unspecified atom stereocenters. The molecule has 0 aliphatic carbocycles. The molecule has 2 heterocycles. The van der Waals surface area contributed by atoms with Crippen LogP contribution in [0.2, 0.25) is 0 Å². The molecule has 4 heteroatoms. The summed E-state index contributed by atoms with van der Waals surface area (Å²) in [5, 5.41) is 5.59. The standard InChI is InChI=1S/C6H3N2OS/c1-2-5(10-3-1)6-7-4-9-8-6/h1-3H. The van der Waals surface area contributed by atoms with Gasteiger partial charge in [-0.3, -0.25) is 0 Å². The zero-order valence-electron chi connectivity index (χ0n) is 4.94. The molecule has 0 N–H and O–H groups in total. The summed E-state index contributed by atoms with van der Waals surface area (Å²) in [6.45, 7) is 0. The lowest BCUT2D eigenvalue weighted by molar-refractivity contribution is 0.411. The Kier molecular flexibility index (Phi) is 1.25. The van der Waals surface area contributed by atoms with Gasteiger partial charge in [-0.2, -0.15) is 4.98 Å². The molecule has 0 fully saturated rings. The molecule has 2 aromatic rings. The third-order valence-corrected chi connectivity index (χ3v) is 1.93. The monoisotopic (exact) mass is 151 g/mol. The highest BCUT2D eigenvalue weighted by Crippen LogP contribution is 2.19. The van der Waals surface area contributed by atoms with Crippen molar-refractivity contribution in [1.29, 1.82) is 0 Å². The Morgan fingerprint density at radius 2 is 2.60 bits per heavy atom. The maximum atomic E-state index is 4.46. The van der Waals surface area contributed by atoms with E-state index in [9.17, 15) is 0 Å². The molecule has 0 spiro atoms. The lowest BCUT2D eigenvalue weighted by Gasteiger charge is -1.79. The van der Waals surface area contributed by atoms with Crippen LogP contribution in [0.1, 0.15) is 0 Å². The fourth-order valence-electron chi connectivity index (χ4n) is 0.654. The largest absolute Gasteiger partial charge is 0.328 e. The van der Waals surface area contributed by atoms with Crippen molar-refractivity contribution in [2.45, 2.75) is 0 Å². The minimum absolute atomic E-state index is 0.606. The fraction of sp³-hybridized carbons (Fsp3) is 0. The smallest absolute Gasteiger partial charge is 0.316 e. The van der Waals surface area contributed by atoms with Gasteiger partial charge in [0.2, 0.25) is 5.82 Å². The Labute approximate surface area is 61.3 Å². The first kappa shape index (κ1) is 5.61. The molecule has 2 aromatic heterocycles. The second kappa shape index (κ2) is 2.22. The van der Waals surface area contributed by atoms with Crippen molar-refractivity contribution >= 4 is 11.3 Å². The quantitative estimate of drug-likeness (QED) is 0.621. The molecule has 10 heavy (non-hydrogen) atoms. The van der Waals surface area contributed by atoms with Crippen LogP contribution in [0.5, 0.6) is 0 Å². The topological polar surface area (TPSA) is 38.9 Å². The molecule has 0 aliphatic rings. The first-order valence-corrected chi connectivity index (χ1v) is 3.58. The van der Waals surface area contributed by atoms with Crippen molar-refractivity contribution in [3.8, 4) is 10.7 Å². The Balaban J connectivity index is 2.48. The van der Waals surface area contributed by atoms with E-state index in [1.165, 1.54) is 0 Å². The Hall–Kier alpha value is -1.16. The average Bonchev–Trinajstić information content (AvgIpc) is 2.59. The second-order valence-corrected chi connectivity index (χ2v) is 2.63. The first-order valence-electron chi connectivity index (χ1n) is 2.70. The molecule has 0 atom stereocenters. The summed E-state index contributed by atoms with van der Waals surface area (Å²) < 4.78 is 4.46. The minimum Gasteiger partial charge on any atom is -0.328 e. The molecular weight excluding hydrogens is 148 g/mol. The molecule has 0 aromatic carbocycles. The van der Waals surface area contributed by atoms with Gasteiger partial charge in [0.15, 0.2) is 0 Å². The van der Waals surface area contributed by atoms with Crippen LogP contribution in [0.3, 0.4) is 0 Å². The van der Waals surface area contributed by atoms with Crippen molar-refractivity contribution < 1.29 is 4.52 Å². The van der Waals surface area contributed by atoms with Gasteiger partial charge in [-0.25, -0.2) is 0 Å². The van der Waals surface area contributed by atoms with Gasteiger partial charge in [0.25, 0.3) is 0 Å². The zero-order chi connectivity index (χ0) is 6.81. The van der Waals surface area contributed by atoms with E-state index in [-0.39, 0.29) is 0 Å². The molecule has 49 valence electrons. The van der Waals surface area contributed by atoms with Crippen molar-refractivity contribution in [2.75, 3.05) is 0 Å². The normalized spacial score (nSPS) is 10.0. The molecular formula is C6H3N2OS. The van der Waals surface area contributed by atoms with Crippen LogP contribution in [0.4, 0.5) is 0 Å². The summed E-state index contributed by atoms with van der Waals surface area (Å²) >= 11 is 1.58. The summed E-state index contributed by atoms with van der Waals surface area (Å²) in [6, 6.07) is 3.87. The van der Waals surface area contributed by atoms with Crippen LogP contribution in [0.15, 0.2) is 22.0 Å². The first-order chi connectivity index (χ1) is 4.97. The van der Waals surface area contributed by atoms with Crippen molar-refractivity contribution in [2.24, 2.45) is 0 Å². The third kappa shape index (κ3) is 0.823. The molecule has 3 nitrogen and oxygen atoms in total. The molecule has 0 saturated carbocycles. The van der Waals surface area contributed by atoms with Gasteiger partial charge in [-0.15, -0.1) is 11.3 Å². The third-order valence-electron chi connectivity index (χ3n) is 1.07. The lowest BCUT2D eigenvalue weighted by Crippen LogP contribution is -1.71. The summed E-state index contributed by atoms with van der Waals surface area (Å²) in [6.07, 6.45) is 2.29. The van der Waals surface area contributed by atoms with E-state index < -0.39 is 0 Å². The molecule has 0 saturated heterocycles. The number of aromatic nitrogens is 2. The summed E-state index contributed by atoms with van der Waals surface area (Å²) in [5.74, 6) is 0.606. The highest BCUT2D eigenvalue weighted by Gasteiger charge is 2.01. The number of hydrogen-bond acceptors (Lipinski definition) is 4. The van der Waals surface area contributed by atoms with E-state index in [0.29, 0.717) is 5.82 Å². The van der Waals surface area contributed by atoms with Crippen molar-refractivity contribution in [3.05, 3.63) is 23.9 Å². The van der Waals surface area contributed by atoms with Gasteiger partial charge in [0.1, 0.15) is 0 Å². The van der Waals surface area contributed by atoms with Crippen LogP contribution < -0.4 is 0 Å². The van der Waals surface area contributed by atoms with Crippen molar-refractivity contribution in [3.63, 3.8) is 0 Å². The van der Waals surface area contributed by atoms with Crippen LogP contribution in [-0.2, 0) is 0 Å². The maximum Gasteiger partial charge on any atom is 0.316 e. The van der Waals surface area contributed by atoms with Gasteiger partial charge in [-0.05, 0) is 11.4 Å². The highest BCUT2D eigenvalue weighted by atomic mass is 32.1. The summed E-state index contributed by atoms with van der Waals surface area (Å²) in [4.78, 5) is 4.77. The van der Waals surface area contributed by atoms with Gasteiger partial charge in [0, 0.05) is 0 Å². The van der Waals surface area contributed by atoms with Crippen LogP contribution in [0.25, 0.3) is 10.7 Å². The van der Waals surface area contributed by atoms with Gasteiger partial charge < -0.3 is 4.52 Å². The van der Waals surface area contributed by atoms with Crippen LogP contribution in [-0.4, -0.2) is 10.1 Å². The zero-order valence-corrected chi connectivity index (χ0v) is 5.76. The summed E-state index contributed by atoms with van der Waals surface area (Å²) in [7, 11) is 0. The van der Waals surface area contributed by atoms with Crippen LogP contribution >= 0.6 is 11.3 Å². The number of thiophene rings is 1. The van der Waals surface area contributed by atoms with E-state index in [1.807, 2.05) is 17.5 Å². The van der Waals surface area contributed by atoms with E-state index in [0.717, 1.165) is 4.88 Å². The predicted molar refractivity (Wildman–Crippen MR) is 36.4 cm³/mol. The lowest BCUT2D eigenvalue weighted by atomic mass is 10.5. The van der Waals surface area contributed by atoms with E-state index >= 15 is 0 Å². The second-order valence-electron chi connectivity index (χ2n) is 1.69. The minimum atomic E-state index is 0.606. The Morgan fingerprint density at radius 3 is 3.20 bits per heavy atom. The van der Waals surface area contributed by atoms with Crippen molar-refractivity contribution in [1.82, 2.24) is 10.1 Å². The molecule has 0 amide bonds. The summed E-state index contributed by atoms with van der Waals surface area (Å²) in [5.41, 5.74) is 0. The molecule has 0 aliphatic heterocycles. The fourth-order valence-corrected chi connectivity index (χ4v) is 1.30. The molecule has 1 radical (unpaired) electrons. The SMILES string of the molecule is [c]1nc(-c2cccs2)no1.